The van der Waals surface area contributed by atoms with E-state index in [-0.39, 0.29) is 5.54 Å². The lowest BCUT2D eigenvalue weighted by molar-refractivity contribution is -0.0989. The number of benzene rings is 1. The van der Waals surface area contributed by atoms with Gasteiger partial charge in [-0.1, -0.05) is 24.3 Å². The molecule has 1 saturated heterocycles. The molecule has 2 aliphatic rings. The van der Waals surface area contributed by atoms with Gasteiger partial charge in [-0.2, -0.15) is 0 Å². The summed E-state index contributed by atoms with van der Waals surface area (Å²) < 4.78 is 5.86. The highest BCUT2D eigenvalue weighted by atomic mass is 16.5. The first-order chi connectivity index (χ1) is 9.13. The maximum Gasteiger partial charge on any atom is 0.0678 e. The number of rotatable bonds is 2. The van der Waals surface area contributed by atoms with E-state index in [0.717, 1.165) is 32.5 Å². The van der Waals surface area contributed by atoms with Crippen LogP contribution in [0.2, 0.25) is 0 Å². The second-order valence-electron chi connectivity index (χ2n) is 6.21. The van der Waals surface area contributed by atoms with Crippen molar-refractivity contribution in [3.63, 3.8) is 0 Å². The number of nitrogens with zero attached hydrogens (tertiary/aromatic N) is 1. The quantitative estimate of drug-likeness (QED) is 0.877. The average molecular weight is 260 g/mol. The molecule has 104 valence electrons. The van der Waals surface area contributed by atoms with Gasteiger partial charge in [0.05, 0.1) is 12.2 Å². The van der Waals surface area contributed by atoms with Crippen LogP contribution in [0.1, 0.15) is 25.0 Å². The van der Waals surface area contributed by atoms with Gasteiger partial charge in [-0.25, -0.2) is 0 Å². The highest BCUT2D eigenvalue weighted by molar-refractivity contribution is 5.36. The fraction of sp³-hybridized carbons (Fsp3) is 0.625. The van der Waals surface area contributed by atoms with E-state index in [1.54, 1.807) is 0 Å². The Balaban J connectivity index is 1.86. The molecule has 3 nitrogen and oxygen atoms in total. The van der Waals surface area contributed by atoms with Crippen LogP contribution >= 0.6 is 0 Å². The first kappa shape index (κ1) is 13.1. The van der Waals surface area contributed by atoms with E-state index >= 15 is 0 Å². The first-order valence-corrected chi connectivity index (χ1v) is 7.30. The lowest BCUT2D eigenvalue weighted by Crippen LogP contribution is -2.61. The van der Waals surface area contributed by atoms with Gasteiger partial charge in [-0.3, -0.25) is 4.90 Å². The molecule has 0 amide bonds. The van der Waals surface area contributed by atoms with E-state index in [1.165, 1.54) is 11.1 Å². The number of hydrogen-bond acceptors (Lipinski definition) is 3. The van der Waals surface area contributed by atoms with Gasteiger partial charge in [-0.15, -0.1) is 0 Å². The number of ether oxygens (including phenoxy) is 1. The largest absolute Gasteiger partial charge is 0.373 e. The SMILES string of the molecule is CC1CN(C2(CN)Cc3ccccc3C2)CC(C)O1. The van der Waals surface area contributed by atoms with E-state index in [2.05, 4.69) is 43.0 Å². The van der Waals surface area contributed by atoms with Crippen LogP contribution in [0.25, 0.3) is 0 Å². The van der Waals surface area contributed by atoms with Crippen LogP contribution in [-0.4, -0.2) is 42.3 Å². The number of hydrogen-bond donors (Lipinski definition) is 1. The Hall–Kier alpha value is -0.900. The van der Waals surface area contributed by atoms with Gasteiger partial charge in [0.25, 0.3) is 0 Å². The van der Waals surface area contributed by atoms with Crippen molar-refractivity contribution in [2.75, 3.05) is 19.6 Å². The normalized spacial score (nSPS) is 30.3. The molecule has 1 aliphatic carbocycles. The molecule has 1 aromatic carbocycles. The second kappa shape index (κ2) is 4.89. The van der Waals surface area contributed by atoms with Crippen molar-refractivity contribution in [1.29, 1.82) is 0 Å². The number of fused-ring (bicyclic) bond motifs is 1. The van der Waals surface area contributed by atoms with Crippen LogP contribution < -0.4 is 5.73 Å². The van der Waals surface area contributed by atoms with Crippen molar-refractivity contribution in [1.82, 2.24) is 4.90 Å². The second-order valence-corrected chi connectivity index (χ2v) is 6.21. The van der Waals surface area contributed by atoms with E-state index in [9.17, 15) is 0 Å². The molecule has 1 heterocycles. The predicted octanol–water partition coefficient (Wildman–Crippen LogP) is 1.59. The van der Waals surface area contributed by atoms with Crippen molar-refractivity contribution in [3.8, 4) is 0 Å². The van der Waals surface area contributed by atoms with Crippen LogP contribution in [-0.2, 0) is 17.6 Å². The van der Waals surface area contributed by atoms with Crippen molar-refractivity contribution < 1.29 is 4.74 Å². The van der Waals surface area contributed by atoms with Crippen molar-refractivity contribution >= 4 is 0 Å². The Morgan fingerprint density at radius 2 is 1.68 bits per heavy atom. The molecule has 0 bridgehead atoms. The lowest BCUT2D eigenvalue weighted by atomic mass is 9.91. The van der Waals surface area contributed by atoms with Gasteiger partial charge in [0.1, 0.15) is 0 Å². The van der Waals surface area contributed by atoms with E-state index in [0.29, 0.717) is 12.2 Å². The van der Waals surface area contributed by atoms with Gasteiger partial charge < -0.3 is 10.5 Å². The Morgan fingerprint density at radius 1 is 1.16 bits per heavy atom. The summed E-state index contributed by atoms with van der Waals surface area (Å²) in [5, 5.41) is 0. The Bertz CT molecular complexity index is 425. The summed E-state index contributed by atoms with van der Waals surface area (Å²) in [5.41, 5.74) is 9.24. The molecule has 1 aliphatic heterocycles. The first-order valence-electron chi connectivity index (χ1n) is 7.30. The van der Waals surface area contributed by atoms with Gasteiger partial charge >= 0.3 is 0 Å². The molecular formula is C16H24N2O. The van der Waals surface area contributed by atoms with Crippen LogP contribution in [0, 0.1) is 0 Å². The molecule has 2 unspecified atom stereocenters. The lowest BCUT2D eigenvalue weighted by Gasteiger charge is -2.46. The topological polar surface area (TPSA) is 38.5 Å². The van der Waals surface area contributed by atoms with Gasteiger partial charge in [0.2, 0.25) is 0 Å². The standard InChI is InChI=1S/C16H24N2O/c1-12-9-18(10-13(2)19-12)16(11-17)7-14-5-3-4-6-15(14)8-16/h3-6,12-13H,7-11,17H2,1-2H3. The van der Waals surface area contributed by atoms with Crippen LogP contribution in [0.4, 0.5) is 0 Å². The molecule has 0 saturated carbocycles. The molecule has 0 aromatic heterocycles. The maximum atomic E-state index is 6.19. The molecule has 0 spiro atoms. The third kappa shape index (κ3) is 2.31. The van der Waals surface area contributed by atoms with Gasteiger partial charge in [0.15, 0.2) is 0 Å². The van der Waals surface area contributed by atoms with Crippen LogP contribution in [0.15, 0.2) is 24.3 Å². The molecule has 19 heavy (non-hydrogen) atoms. The molecular weight excluding hydrogens is 236 g/mol. The summed E-state index contributed by atoms with van der Waals surface area (Å²) in [6.07, 6.45) is 2.77. The molecule has 3 rings (SSSR count). The summed E-state index contributed by atoms with van der Waals surface area (Å²) >= 11 is 0. The molecule has 2 N–H and O–H groups in total. The molecule has 0 radical (unpaired) electrons. The van der Waals surface area contributed by atoms with Crippen molar-refractivity contribution in [2.24, 2.45) is 5.73 Å². The summed E-state index contributed by atoms with van der Waals surface area (Å²) in [4.78, 5) is 2.58. The molecule has 1 fully saturated rings. The molecule has 1 aromatic rings. The van der Waals surface area contributed by atoms with E-state index in [1.807, 2.05) is 0 Å². The maximum absolute atomic E-state index is 6.19. The zero-order chi connectivity index (χ0) is 13.5. The van der Waals surface area contributed by atoms with E-state index in [4.69, 9.17) is 10.5 Å². The Kier molecular flexibility index (Phi) is 3.37. The highest BCUT2D eigenvalue weighted by Gasteiger charge is 2.43. The average Bonchev–Trinajstić information content (AvgIpc) is 2.77. The minimum atomic E-state index is 0.107. The zero-order valence-electron chi connectivity index (χ0n) is 11.9. The van der Waals surface area contributed by atoms with Crippen molar-refractivity contribution in [2.45, 2.75) is 44.4 Å². The number of nitrogens with two attached hydrogens (primary N) is 1. The fourth-order valence-corrected chi connectivity index (χ4v) is 3.74. The third-order valence-corrected chi connectivity index (χ3v) is 4.63. The molecule has 3 heteroatoms. The third-order valence-electron chi connectivity index (χ3n) is 4.63. The Labute approximate surface area is 115 Å². The highest BCUT2D eigenvalue weighted by Crippen LogP contribution is 2.35. The summed E-state index contributed by atoms with van der Waals surface area (Å²) in [6, 6.07) is 8.77. The fourth-order valence-electron chi connectivity index (χ4n) is 3.74. The predicted molar refractivity (Wildman–Crippen MR) is 77.2 cm³/mol. The molecule has 2 atom stereocenters. The summed E-state index contributed by atoms with van der Waals surface area (Å²) in [6.45, 7) is 7.04. The zero-order valence-corrected chi connectivity index (χ0v) is 11.9. The monoisotopic (exact) mass is 260 g/mol. The summed E-state index contributed by atoms with van der Waals surface area (Å²) in [5.74, 6) is 0. The Morgan fingerprint density at radius 3 is 2.16 bits per heavy atom. The summed E-state index contributed by atoms with van der Waals surface area (Å²) in [7, 11) is 0. The van der Waals surface area contributed by atoms with E-state index < -0.39 is 0 Å². The van der Waals surface area contributed by atoms with Gasteiger partial charge in [-0.05, 0) is 37.8 Å². The van der Waals surface area contributed by atoms with Crippen LogP contribution in [0.5, 0.6) is 0 Å². The van der Waals surface area contributed by atoms with Crippen LogP contribution in [0.3, 0.4) is 0 Å². The van der Waals surface area contributed by atoms with Crippen molar-refractivity contribution in [3.05, 3.63) is 35.4 Å². The smallest absolute Gasteiger partial charge is 0.0678 e. The minimum absolute atomic E-state index is 0.107. The van der Waals surface area contributed by atoms with Gasteiger partial charge in [0, 0.05) is 25.2 Å². The minimum Gasteiger partial charge on any atom is -0.373 e. The number of morpholine rings is 1.